The van der Waals surface area contributed by atoms with Gasteiger partial charge in [-0.2, -0.15) is 0 Å². The number of fused-ring (bicyclic) bond motifs is 1. The van der Waals surface area contributed by atoms with E-state index >= 15 is 0 Å². The fourth-order valence-corrected chi connectivity index (χ4v) is 2.54. The summed E-state index contributed by atoms with van der Waals surface area (Å²) in [4.78, 5) is 23.8. The van der Waals surface area contributed by atoms with Crippen molar-refractivity contribution in [3.63, 3.8) is 0 Å². The molecule has 3 aromatic rings. The molecule has 0 heterocycles. The van der Waals surface area contributed by atoms with E-state index in [1.54, 1.807) is 12.1 Å². The molecule has 0 spiro atoms. The van der Waals surface area contributed by atoms with E-state index in [0.717, 1.165) is 10.8 Å². The van der Waals surface area contributed by atoms with Crippen LogP contribution in [-0.2, 0) is 9.59 Å². The Kier molecular flexibility index (Phi) is 5.59. The molecule has 0 aliphatic carbocycles. The molecule has 0 aliphatic heterocycles. The molecule has 0 fully saturated rings. The molecule has 4 nitrogen and oxygen atoms in total. The first-order valence-corrected chi connectivity index (χ1v) is 8.27. The summed E-state index contributed by atoms with van der Waals surface area (Å²) in [6.07, 6.45) is 0.325. The van der Waals surface area contributed by atoms with Gasteiger partial charge in [-0.25, -0.2) is 4.39 Å². The molecule has 132 valence electrons. The standard InChI is InChI=1S/C21H17FO4/c22-17-10-3-4-11-19(17)26-21(24)14-6-13-20(23)25-18-12-5-8-15-7-1-2-9-16(15)18/h1-5,7-12H,6,13-14H2. The predicted octanol–water partition coefficient (Wildman–Crippen LogP) is 4.66. The molecule has 0 amide bonds. The minimum Gasteiger partial charge on any atom is -0.426 e. The Labute approximate surface area is 150 Å². The number of carbonyl (C=O) groups excluding carboxylic acids is 2. The SMILES string of the molecule is O=C(CCCC(=O)Oc1cccc2ccccc12)Oc1ccccc1F. The molecule has 0 bridgehead atoms. The largest absolute Gasteiger partial charge is 0.426 e. The van der Waals surface area contributed by atoms with Gasteiger partial charge in [-0.05, 0) is 30.0 Å². The Morgan fingerprint density at radius 1 is 0.731 bits per heavy atom. The molecular weight excluding hydrogens is 335 g/mol. The zero-order valence-electron chi connectivity index (χ0n) is 14.0. The van der Waals surface area contributed by atoms with Gasteiger partial charge in [0.1, 0.15) is 5.75 Å². The van der Waals surface area contributed by atoms with Crippen molar-refractivity contribution in [3.8, 4) is 11.5 Å². The lowest BCUT2D eigenvalue weighted by Crippen LogP contribution is -2.12. The average molecular weight is 352 g/mol. The molecule has 0 aromatic heterocycles. The van der Waals surface area contributed by atoms with E-state index in [0.29, 0.717) is 5.75 Å². The fraction of sp³-hybridized carbons (Fsp3) is 0.143. The summed E-state index contributed by atoms with van der Waals surface area (Å²) in [6.45, 7) is 0. The second kappa shape index (κ2) is 8.25. The molecule has 0 saturated carbocycles. The zero-order chi connectivity index (χ0) is 18.4. The van der Waals surface area contributed by atoms with Gasteiger partial charge < -0.3 is 9.47 Å². The van der Waals surface area contributed by atoms with Crippen LogP contribution in [0.4, 0.5) is 4.39 Å². The van der Waals surface area contributed by atoms with Crippen molar-refractivity contribution in [3.05, 3.63) is 72.5 Å². The summed E-state index contributed by atoms with van der Waals surface area (Å²) in [5, 5.41) is 1.83. The van der Waals surface area contributed by atoms with E-state index < -0.39 is 17.8 Å². The normalized spacial score (nSPS) is 10.5. The number of esters is 2. The lowest BCUT2D eigenvalue weighted by Gasteiger charge is -2.08. The van der Waals surface area contributed by atoms with Crippen LogP contribution in [0.2, 0.25) is 0 Å². The second-order valence-corrected chi connectivity index (χ2v) is 5.71. The van der Waals surface area contributed by atoms with Crippen LogP contribution in [0.5, 0.6) is 11.5 Å². The molecular formula is C21H17FO4. The number of benzene rings is 3. The molecule has 0 radical (unpaired) electrons. The van der Waals surface area contributed by atoms with Crippen LogP contribution in [0.25, 0.3) is 10.8 Å². The van der Waals surface area contributed by atoms with Crippen molar-refractivity contribution >= 4 is 22.7 Å². The Bertz CT molecular complexity index is 931. The molecule has 0 aliphatic rings. The third-order valence-corrected chi connectivity index (χ3v) is 3.80. The summed E-state index contributed by atoms with van der Waals surface area (Å²) in [5.74, 6) is -1.25. The van der Waals surface area contributed by atoms with Gasteiger partial charge in [0.25, 0.3) is 0 Å². The highest BCUT2D eigenvalue weighted by Gasteiger charge is 2.12. The average Bonchev–Trinajstić information content (AvgIpc) is 2.64. The predicted molar refractivity (Wildman–Crippen MR) is 95.5 cm³/mol. The van der Waals surface area contributed by atoms with Crippen molar-refractivity contribution in [2.24, 2.45) is 0 Å². The Morgan fingerprint density at radius 2 is 1.31 bits per heavy atom. The smallest absolute Gasteiger partial charge is 0.311 e. The van der Waals surface area contributed by atoms with Crippen LogP contribution in [0, 0.1) is 5.82 Å². The van der Waals surface area contributed by atoms with Gasteiger partial charge >= 0.3 is 11.9 Å². The van der Waals surface area contributed by atoms with Crippen molar-refractivity contribution in [2.45, 2.75) is 19.3 Å². The van der Waals surface area contributed by atoms with Gasteiger partial charge in [-0.15, -0.1) is 0 Å². The Hall–Kier alpha value is -3.21. The Morgan fingerprint density at radius 3 is 2.08 bits per heavy atom. The van der Waals surface area contributed by atoms with Crippen LogP contribution >= 0.6 is 0 Å². The quantitative estimate of drug-likeness (QED) is 0.478. The van der Waals surface area contributed by atoms with E-state index in [1.807, 2.05) is 36.4 Å². The number of halogens is 1. The maximum absolute atomic E-state index is 13.4. The van der Waals surface area contributed by atoms with Gasteiger partial charge in [0, 0.05) is 18.2 Å². The molecule has 5 heteroatoms. The lowest BCUT2D eigenvalue weighted by atomic mass is 10.1. The molecule has 3 aromatic carbocycles. The van der Waals surface area contributed by atoms with Gasteiger partial charge in [0.2, 0.25) is 0 Å². The van der Waals surface area contributed by atoms with Crippen LogP contribution in [-0.4, -0.2) is 11.9 Å². The van der Waals surface area contributed by atoms with E-state index in [4.69, 9.17) is 9.47 Å². The summed E-state index contributed by atoms with van der Waals surface area (Å²) in [7, 11) is 0. The number of hydrogen-bond acceptors (Lipinski definition) is 4. The molecule has 0 atom stereocenters. The van der Waals surface area contributed by atoms with Crippen molar-refractivity contribution in [2.75, 3.05) is 0 Å². The van der Waals surface area contributed by atoms with Crippen molar-refractivity contribution < 1.29 is 23.5 Å². The number of rotatable bonds is 6. The minimum absolute atomic E-state index is 0.00102. The van der Waals surface area contributed by atoms with E-state index in [-0.39, 0.29) is 25.0 Å². The monoisotopic (exact) mass is 352 g/mol. The van der Waals surface area contributed by atoms with Gasteiger partial charge in [0.15, 0.2) is 11.6 Å². The number of carbonyl (C=O) groups is 2. The zero-order valence-corrected chi connectivity index (χ0v) is 14.0. The highest BCUT2D eigenvalue weighted by atomic mass is 19.1. The van der Waals surface area contributed by atoms with E-state index in [1.165, 1.54) is 18.2 Å². The van der Waals surface area contributed by atoms with Crippen LogP contribution in [0.15, 0.2) is 66.7 Å². The second-order valence-electron chi connectivity index (χ2n) is 5.71. The number of hydrogen-bond donors (Lipinski definition) is 0. The number of ether oxygens (including phenoxy) is 2. The summed E-state index contributed by atoms with van der Waals surface area (Å²) in [5.41, 5.74) is 0. The van der Waals surface area contributed by atoms with Gasteiger partial charge in [-0.1, -0.05) is 48.5 Å². The lowest BCUT2D eigenvalue weighted by molar-refractivity contribution is -0.136. The van der Waals surface area contributed by atoms with Gasteiger partial charge in [-0.3, -0.25) is 9.59 Å². The van der Waals surface area contributed by atoms with Gasteiger partial charge in [0.05, 0.1) is 0 Å². The molecule has 0 N–H and O–H groups in total. The summed E-state index contributed by atoms with van der Waals surface area (Å²) >= 11 is 0. The molecule has 3 rings (SSSR count). The first-order valence-electron chi connectivity index (χ1n) is 8.27. The highest BCUT2D eigenvalue weighted by molar-refractivity contribution is 5.90. The molecule has 26 heavy (non-hydrogen) atoms. The number of para-hydroxylation sites is 1. The topological polar surface area (TPSA) is 52.6 Å². The summed E-state index contributed by atoms with van der Waals surface area (Å²) in [6, 6.07) is 18.8. The van der Waals surface area contributed by atoms with E-state index in [9.17, 15) is 14.0 Å². The minimum atomic E-state index is -0.601. The Balaban J connectivity index is 1.50. The van der Waals surface area contributed by atoms with Crippen molar-refractivity contribution in [1.29, 1.82) is 0 Å². The van der Waals surface area contributed by atoms with Crippen LogP contribution in [0.1, 0.15) is 19.3 Å². The first kappa shape index (κ1) is 17.6. The highest BCUT2D eigenvalue weighted by Crippen LogP contribution is 2.25. The van der Waals surface area contributed by atoms with Crippen LogP contribution < -0.4 is 9.47 Å². The molecule has 0 saturated heterocycles. The van der Waals surface area contributed by atoms with Crippen LogP contribution in [0.3, 0.4) is 0 Å². The maximum atomic E-state index is 13.4. The fourth-order valence-electron chi connectivity index (χ4n) is 2.54. The first-order chi connectivity index (χ1) is 12.6. The third-order valence-electron chi connectivity index (χ3n) is 3.80. The summed E-state index contributed by atoms with van der Waals surface area (Å²) < 4.78 is 23.8. The van der Waals surface area contributed by atoms with E-state index in [2.05, 4.69) is 0 Å². The van der Waals surface area contributed by atoms with Crippen molar-refractivity contribution in [1.82, 2.24) is 0 Å². The third kappa shape index (κ3) is 4.45. The maximum Gasteiger partial charge on any atom is 0.311 e. The molecule has 0 unspecified atom stereocenters.